The molecule has 0 aliphatic rings. The van der Waals surface area contributed by atoms with E-state index in [2.05, 4.69) is 19.2 Å². The zero-order valence-corrected chi connectivity index (χ0v) is 12.6. The minimum absolute atomic E-state index is 0.0570. The smallest absolute Gasteiger partial charge is 0.251 e. The molecule has 1 unspecified atom stereocenters. The second-order valence-corrected chi connectivity index (χ2v) is 5.70. The van der Waals surface area contributed by atoms with Gasteiger partial charge in [-0.25, -0.2) is 0 Å². The number of methoxy groups -OCH3 is 1. The van der Waals surface area contributed by atoms with E-state index in [1.54, 1.807) is 12.1 Å². The summed E-state index contributed by atoms with van der Waals surface area (Å²) >= 11 is 0. The molecular weight excluding hydrogens is 256 g/mol. The van der Waals surface area contributed by atoms with Gasteiger partial charge in [-0.3, -0.25) is 4.79 Å². The molecule has 0 heterocycles. The number of carbonyl (C=O) groups excluding carboxylic acids is 1. The molecule has 5 nitrogen and oxygen atoms in total. The van der Waals surface area contributed by atoms with Gasteiger partial charge in [-0.15, -0.1) is 0 Å². The Hall–Kier alpha value is -1.75. The van der Waals surface area contributed by atoms with Gasteiger partial charge in [0.2, 0.25) is 0 Å². The summed E-state index contributed by atoms with van der Waals surface area (Å²) in [5, 5.41) is 12.7. The third-order valence-electron chi connectivity index (χ3n) is 3.17. The second-order valence-electron chi connectivity index (χ2n) is 5.70. The molecule has 1 amide bonds. The van der Waals surface area contributed by atoms with Crippen LogP contribution in [0.1, 0.15) is 37.6 Å². The average molecular weight is 280 g/mol. The van der Waals surface area contributed by atoms with Gasteiger partial charge >= 0.3 is 0 Å². The van der Waals surface area contributed by atoms with E-state index in [1.807, 2.05) is 6.92 Å². The van der Waals surface area contributed by atoms with Crippen molar-refractivity contribution in [2.75, 3.05) is 13.7 Å². The molecule has 112 valence electrons. The number of aromatic hydroxyl groups is 1. The fraction of sp³-hybridized carbons (Fsp3) is 0.533. The maximum Gasteiger partial charge on any atom is 0.251 e. The van der Waals surface area contributed by atoms with Crippen LogP contribution in [-0.2, 0) is 0 Å². The van der Waals surface area contributed by atoms with Crippen LogP contribution >= 0.6 is 0 Å². The fourth-order valence-electron chi connectivity index (χ4n) is 2.26. The van der Waals surface area contributed by atoms with Crippen LogP contribution in [0.25, 0.3) is 0 Å². The highest BCUT2D eigenvalue weighted by Crippen LogP contribution is 2.26. The van der Waals surface area contributed by atoms with Crippen molar-refractivity contribution in [3.63, 3.8) is 0 Å². The van der Waals surface area contributed by atoms with Crippen molar-refractivity contribution < 1.29 is 14.6 Å². The van der Waals surface area contributed by atoms with Crippen LogP contribution < -0.4 is 15.8 Å². The Morgan fingerprint density at radius 3 is 2.60 bits per heavy atom. The Labute approximate surface area is 120 Å². The van der Waals surface area contributed by atoms with Crippen molar-refractivity contribution in [2.24, 2.45) is 11.7 Å². The quantitative estimate of drug-likeness (QED) is 0.743. The van der Waals surface area contributed by atoms with Crippen LogP contribution in [0.5, 0.6) is 11.5 Å². The minimum Gasteiger partial charge on any atom is -0.504 e. The summed E-state index contributed by atoms with van der Waals surface area (Å²) < 4.78 is 4.95. The Bertz CT molecular complexity index is 474. The van der Waals surface area contributed by atoms with Crippen LogP contribution in [0, 0.1) is 5.92 Å². The summed E-state index contributed by atoms with van der Waals surface area (Å²) in [6, 6.07) is 4.56. The molecule has 0 aliphatic carbocycles. The van der Waals surface area contributed by atoms with Gasteiger partial charge in [-0.2, -0.15) is 0 Å². The Morgan fingerprint density at radius 2 is 2.15 bits per heavy atom. The van der Waals surface area contributed by atoms with E-state index in [1.165, 1.54) is 13.2 Å². The average Bonchev–Trinajstić information content (AvgIpc) is 2.37. The van der Waals surface area contributed by atoms with Crippen LogP contribution in [0.15, 0.2) is 18.2 Å². The molecule has 5 heteroatoms. The molecule has 0 bridgehead atoms. The topological polar surface area (TPSA) is 84.6 Å². The Morgan fingerprint density at radius 1 is 1.50 bits per heavy atom. The maximum atomic E-state index is 12.2. The molecule has 0 saturated heterocycles. The van der Waals surface area contributed by atoms with Crippen molar-refractivity contribution in [3.8, 4) is 11.5 Å². The van der Waals surface area contributed by atoms with Gasteiger partial charge in [0.05, 0.1) is 7.11 Å². The predicted molar refractivity (Wildman–Crippen MR) is 79.0 cm³/mol. The predicted octanol–water partition coefficient (Wildman–Crippen LogP) is 1.89. The molecule has 0 aromatic heterocycles. The highest BCUT2D eigenvalue weighted by molar-refractivity contribution is 5.95. The monoisotopic (exact) mass is 280 g/mol. The molecule has 0 fully saturated rings. The van der Waals surface area contributed by atoms with E-state index in [4.69, 9.17) is 10.5 Å². The van der Waals surface area contributed by atoms with E-state index < -0.39 is 5.54 Å². The van der Waals surface area contributed by atoms with Crippen LogP contribution in [0.2, 0.25) is 0 Å². The number of carbonyl (C=O) groups is 1. The number of hydrogen-bond acceptors (Lipinski definition) is 4. The number of nitrogens with one attached hydrogen (secondary N) is 1. The Balaban J connectivity index is 2.87. The summed E-state index contributed by atoms with van der Waals surface area (Å²) in [7, 11) is 1.46. The van der Waals surface area contributed by atoms with E-state index in [9.17, 15) is 9.90 Å². The first-order chi connectivity index (χ1) is 9.31. The molecule has 0 spiro atoms. The van der Waals surface area contributed by atoms with Crippen molar-refractivity contribution in [1.29, 1.82) is 0 Å². The summed E-state index contributed by atoms with van der Waals surface area (Å²) in [6.45, 7) is 6.45. The Kier molecular flexibility index (Phi) is 5.39. The molecular formula is C15H24N2O3. The lowest BCUT2D eigenvalue weighted by atomic mass is 9.90. The highest BCUT2D eigenvalue weighted by Gasteiger charge is 2.26. The zero-order valence-electron chi connectivity index (χ0n) is 12.6. The van der Waals surface area contributed by atoms with Gasteiger partial charge in [0.15, 0.2) is 11.5 Å². The summed E-state index contributed by atoms with van der Waals surface area (Å²) in [5.41, 5.74) is 5.70. The lowest BCUT2D eigenvalue weighted by molar-refractivity contribution is 0.0898. The molecule has 1 atom stereocenters. The number of hydrogen-bond donors (Lipinski definition) is 3. The minimum atomic E-state index is -0.458. The number of phenols is 1. The van der Waals surface area contributed by atoms with Gasteiger partial charge in [-0.05, 0) is 37.5 Å². The zero-order chi connectivity index (χ0) is 15.3. The van der Waals surface area contributed by atoms with Crippen LogP contribution in [-0.4, -0.2) is 30.2 Å². The normalized spacial score (nSPS) is 13.9. The molecule has 0 saturated carbocycles. The van der Waals surface area contributed by atoms with Crippen molar-refractivity contribution in [1.82, 2.24) is 5.32 Å². The number of amides is 1. The SMILES string of the molecule is COc1ccc(C(=O)NC(C)(CN)CC(C)C)cc1O. The fourth-order valence-corrected chi connectivity index (χ4v) is 2.26. The maximum absolute atomic E-state index is 12.2. The number of nitrogens with two attached hydrogens (primary N) is 1. The summed E-state index contributed by atoms with van der Waals surface area (Å²) in [5.74, 6) is 0.452. The van der Waals surface area contributed by atoms with E-state index >= 15 is 0 Å². The lowest BCUT2D eigenvalue weighted by Crippen LogP contribution is -2.52. The van der Waals surface area contributed by atoms with E-state index in [0.29, 0.717) is 23.8 Å². The number of ether oxygens (including phenoxy) is 1. The molecule has 1 aromatic carbocycles. The van der Waals surface area contributed by atoms with Gasteiger partial charge in [0.25, 0.3) is 5.91 Å². The molecule has 4 N–H and O–H groups in total. The molecule has 20 heavy (non-hydrogen) atoms. The molecule has 0 radical (unpaired) electrons. The highest BCUT2D eigenvalue weighted by atomic mass is 16.5. The first-order valence-electron chi connectivity index (χ1n) is 6.71. The molecule has 1 rings (SSSR count). The number of phenolic OH excluding ortho intramolecular Hbond substituents is 1. The summed E-state index contributed by atoms with van der Waals surface area (Å²) in [4.78, 5) is 12.2. The second kappa shape index (κ2) is 6.61. The van der Waals surface area contributed by atoms with Crippen LogP contribution in [0.4, 0.5) is 0 Å². The molecule has 0 aliphatic heterocycles. The van der Waals surface area contributed by atoms with Gasteiger partial charge in [0, 0.05) is 17.6 Å². The van der Waals surface area contributed by atoms with Gasteiger partial charge in [0.1, 0.15) is 0 Å². The van der Waals surface area contributed by atoms with Gasteiger partial charge < -0.3 is 20.9 Å². The van der Waals surface area contributed by atoms with Gasteiger partial charge in [-0.1, -0.05) is 13.8 Å². The number of benzene rings is 1. The first kappa shape index (κ1) is 16.3. The first-order valence-corrected chi connectivity index (χ1v) is 6.71. The van der Waals surface area contributed by atoms with Crippen molar-refractivity contribution >= 4 is 5.91 Å². The van der Waals surface area contributed by atoms with E-state index in [0.717, 1.165) is 6.42 Å². The standard InChI is InChI=1S/C15H24N2O3/c1-10(2)8-15(3,9-16)17-14(19)11-5-6-13(20-4)12(18)7-11/h5-7,10,18H,8-9,16H2,1-4H3,(H,17,19). The number of rotatable bonds is 6. The van der Waals surface area contributed by atoms with Crippen molar-refractivity contribution in [3.05, 3.63) is 23.8 Å². The lowest BCUT2D eigenvalue weighted by Gasteiger charge is -2.31. The third kappa shape index (κ3) is 4.13. The van der Waals surface area contributed by atoms with Crippen LogP contribution in [0.3, 0.4) is 0 Å². The third-order valence-corrected chi connectivity index (χ3v) is 3.17. The largest absolute Gasteiger partial charge is 0.504 e. The van der Waals surface area contributed by atoms with E-state index in [-0.39, 0.29) is 11.7 Å². The molecule has 1 aromatic rings. The van der Waals surface area contributed by atoms with Crippen molar-refractivity contribution in [2.45, 2.75) is 32.7 Å². The summed E-state index contributed by atoms with van der Waals surface area (Å²) in [6.07, 6.45) is 0.789.